The number of nitrogens with zero attached hydrogens (tertiary/aromatic N) is 3. The summed E-state index contributed by atoms with van der Waals surface area (Å²) in [5.74, 6) is 0.430. The Labute approximate surface area is 98.2 Å². The summed E-state index contributed by atoms with van der Waals surface area (Å²) in [5, 5.41) is 2.90. The second kappa shape index (κ2) is 3.55. The summed E-state index contributed by atoms with van der Waals surface area (Å²) >= 11 is 0. The van der Waals surface area contributed by atoms with Gasteiger partial charge in [0.15, 0.2) is 0 Å². The molecule has 1 aromatic rings. The largest absolute Gasteiger partial charge is 0.330 e. The van der Waals surface area contributed by atoms with Gasteiger partial charge in [-0.3, -0.25) is 4.79 Å². The summed E-state index contributed by atoms with van der Waals surface area (Å²) < 4.78 is 0. The van der Waals surface area contributed by atoms with E-state index in [2.05, 4.69) is 15.3 Å². The van der Waals surface area contributed by atoms with Crippen LogP contribution in [0.25, 0.3) is 0 Å². The van der Waals surface area contributed by atoms with Crippen LogP contribution in [-0.4, -0.2) is 25.1 Å². The van der Waals surface area contributed by atoms with Crippen LogP contribution in [0, 0.1) is 0 Å². The lowest BCUT2D eigenvalue weighted by molar-refractivity contribution is -0.114. The van der Waals surface area contributed by atoms with Crippen molar-refractivity contribution >= 4 is 29.5 Å². The molecule has 1 amide bonds. The highest BCUT2D eigenvalue weighted by Gasteiger charge is 2.26. The third-order valence-electron chi connectivity index (χ3n) is 2.74. The lowest BCUT2D eigenvalue weighted by Gasteiger charge is -2.17. The molecule has 0 spiro atoms. The molecule has 2 heterocycles. The van der Waals surface area contributed by atoms with Crippen molar-refractivity contribution in [3.8, 4) is 0 Å². The van der Waals surface area contributed by atoms with Gasteiger partial charge in [0.05, 0.1) is 17.7 Å². The van der Waals surface area contributed by atoms with Gasteiger partial charge >= 0.3 is 0 Å². The van der Waals surface area contributed by atoms with Crippen LogP contribution in [0.15, 0.2) is 46.0 Å². The Kier molecular flexibility index (Phi) is 2.04. The maximum absolute atomic E-state index is 12.2. The molecular weight excluding hydrogens is 216 g/mol. The van der Waals surface area contributed by atoms with Gasteiger partial charge in [0.25, 0.3) is 5.91 Å². The Bertz CT molecular complexity index is 586. The highest BCUT2D eigenvalue weighted by molar-refractivity contribution is 6.29. The van der Waals surface area contributed by atoms with E-state index in [0.717, 1.165) is 11.4 Å². The van der Waals surface area contributed by atoms with Crippen molar-refractivity contribution < 1.29 is 4.79 Å². The molecule has 5 nitrogen and oxygen atoms in total. The molecule has 5 heteroatoms. The molecule has 84 valence electrons. The van der Waals surface area contributed by atoms with Crippen LogP contribution in [0.3, 0.4) is 0 Å². The number of likely N-dealkylation sites (N-methyl/N-ethyl adjacent to an activating group) is 1. The van der Waals surface area contributed by atoms with Crippen LogP contribution >= 0.6 is 0 Å². The van der Waals surface area contributed by atoms with E-state index in [0.29, 0.717) is 11.4 Å². The molecule has 0 saturated heterocycles. The monoisotopic (exact) mass is 226 g/mol. The van der Waals surface area contributed by atoms with Crippen molar-refractivity contribution in [2.24, 2.45) is 9.98 Å². The first-order valence-electron chi connectivity index (χ1n) is 5.22. The normalized spacial score (nSPS) is 17.5. The first-order chi connectivity index (χ1) is 8.27. The highest BCUT2D eigenvalue weighted by Crippen LogP contribution is 2.31. The Morgan fingerprint density at radius 3 is 3.00 bits per heavy atom. The van der Waals surface area contributed by atoms with Gasteiger partial charge in [0.1, 0.15) is 11.4 Å². The van der Waals surface area contributed by atoms with Gasteiger partial charge in [-0.15, -0.1) is 0 Å². The number of amides is 1. The summed E-state index contributed by atoms with van der Waals surface area (Å²) in [6.07, 6.45) is 3.05. The Morgan fingerprint density at radius 2 is 2.12 bits per heavy atom. The van der Waals surface area contributed by atoms with Gasteiger partial charge in [0.2, 0.25) is 0 Å². The second-order valence-electron chi connectivity index (χ2n) is 3.78. The zero-order valence-corrected chi connectivity index (χ0v) is 9.21. The van der Waals surface area contributed by atoms with Crippen molar-refractivity contribution in [2.75, 3.05) is 11.9 Å². The van der Waals surface area contributed by atoms with Crippen LogP contribution in [0.4, 0.5) is 11.4 Å². The van der Waals surface area contributed by atoms with Crippen LogP contribution in [0.2, 0.25) is 0 Å². The standard InChI is InChI=1S/C12H10N4O/c1-16-10-5-3-2-4-9(10)15-11-8(12(16)17)6-13-7-14-11/h2-7H,1H3,(H,13,14,15). The number of benzene rings is 1. The quantitative estimate of drug-likeness (QED) is 0.722. The zero-order chi connectivity index (χ0) is 11.8. The fraction of sp³-hybridized carbons (Fsp3) is 0.0833. The topological polar surface area (TPSA) is 57.1 Å². The van der Waals surface area contributed by atoms with Crippen LogP contribution in [0.1, 0.15) is 0 Å². The van der Waals surface area contributed by atoms with E-state index >= 15 is 0 Å². The number of hydrogen-bond donors (Lipinski definition) is 1. The summed E-state index contributed by atoms with van der Waals surface area (Å²) in [6, 6.07) is 7.53. The maximum Gasteiger partial charge on any atom is 0.263 e. The molecule has 1 N–H and O–H groups in total. The van der Waals surface area contributed by atoms with E-state index in [1.165, 1.54) is 12.5 Å². The second-order valence-corrected chi connectivity index (χ2v) is 3.78. The van der Waals surface area contributed by atoms with Gasteiger partial charge in [-0.05, 0) is 12.1 Å². The molecular formula is C12H10N4O. The molecule has 0 aliphatic carbocycles. The van der Waals surface area contributed by atoms with E-state index in [1.54, 1.807) is 11.9 Å². The molecule has 0 atom stereocenters. The van der Waals surface area contributed by atoms with Crippen molar-refractivity contribution in [1.82, 2.24) is 5.32 Å². The summed E-state index contributed by atoms with van der Waals surface area (Å²) in [6.45, 7) is 0. The minimum Gasteiger partial charge on any atom is -0.330 e. The molecule has 1 aromatic carbocycles. The van der Waals surface area contributed by atoms with Crippen molar-refractivity contribution in [3.63, 3.8) is 0 Å². The van der Waals surface area contributed by atoms with Crippen molar-refractivity contribution in [2.45, 2.75) is 0 Å². The van der Waals surface area contributed by atoms with E-state index < -0.39 is 0 Å². The maximum atomic E-state index is 12.2. The Hall–Kier alpha value is -2.43. The SMILES string of the molecule is CN1C(=O)C2=CN=CNC2=Nc2ccccc21. The average Bonchev–Trinajstić information content (AvgIpc) is 2.48. The molecule has 17 heavy (non-hydrogen) atoms. The number of nitrogens with one attached hydrogen (secondary N) is 1. The lowest BCUT2D eigenvalue weighted by atomic mass is 10.2. The van der Waals surface area contributed by atoms with Gasteiger partial charge in [-0.25, -0.2) is 9.98 Å². The van der Waals surface area contributed by atoms with E-state index in [-0.39, 0.29) is 5.91 Å². The fourth-order valence-electron chi connectivity index (χ4n) is 1.85. The number of amidine groups is 1. The van der Waals surface area contributed by atoms with Crippen molar-refractivity contribution in [1.29, 1.82) is 0 Å². The lowest BCUT2D eigenvalue weighted by Crippen LogP contribution is -2.35. The molecule has 0 aromatic heterocycles. The summed E-state index contributed by atoms with van der Waals surface area (Å²) in [7, 11) is 1.73. The molecule has 2 aliphatic heterocycles. The number of aliphatic imine (C=N–C) groups is 2. The van der Waals surface area contributed by atoms with Gasteiger partial charge in [0, 0.05) is 13.2 Å². The fourth-order valence-corrected chi connectivity index (χ4v) is 1.85. The average molecular weight is 226 g/mol. The van der Waals surface area contributed by atoms with Crippen LogP contribution < -0.4 is 10.2 Å². The molecule has 3 rings (SSSR count). The number of para-hydroxylation sites is 2. The molecule has 0 radical (unpaired) electrons. The smallest absolute Gasteiger partial charge is 0.263 e. The minimum absolute atomic E-state index is 0.113. The van der Waals surface area contributed by atoms with Crippen LogP contribution in [-0.2, 0) is 4.79 Å². The molecule has 0 bridgehead atoms. The van der Waals surface area contributed by atoms with E-state index in [1.807, 2.05) is 24.3 Å². The zero-order valence-electron chi connectivity index (χ0n) is 9.21. The molecule has 0 fully saturated rings. The van der Waals surface area contributed by atoms with Crippen molar-refractivity contribution in [3.05, 3.63) is 36.0 Å². The highest BCUT2D eigenvalue weighted by atomic mass is 16.2. The number of fused-ring (bicyclic) bond motifs is 2. The Morgan fingerprint density at radius 1 is 1.29 bits per heavy atom. The van der Waals surface area contributed by atoms with Gasteiger partial charge in [-0.1, -0.05) is 12.1 Å². The molecule has 0 saturated carbocycles. The first-order valence-corrected chi connectivity index (χ1v) is 5.22. The first kappa shape index (κ1) is 9.77. The molecule has 2 aliphatic rings. The number of carbonyl (C=O) groups is 1. The predicted molar refractivity (Wildman–Crippen MR) is 66.7 cm³/mol. The van der Waals surface area contributed by atoms with E-state index in [9.17, 15) is 4.79 Å². The summed E-state index contributed by atoms with van der Waals surface area (Å²) in [4.78, 5) is 22.2. The number of rotatable bonds is 0. The molecule has 0 unspecified atom stereocenters. The van der Waals surface area contributed by atoms with Gasteiger partial charge < -0.3 is 10.2 Å². The predicted octanol–water partition coefficient (Wildman–Crippen LogP) is 1.21. The number of carbonyl (C=O) groups excluding carboxylic acids is 1. The van der Waals surface area contributed by atoms with Crippen LogP contribution in [0.5, 0.6) is 0 Å². The summed E-state index contributed by atoms with van der Waals surface area (Å²) in [5.41, 5.74) is 2.04. The van der Waals surface area contributed by atoms with E-state index in [4.69, 9.17) is 0 Å². The van der Waals surface area contributed by atoms with Gasteiger partial charge in [-0.2, -0.15) is 0 Å². The third-order valence-corrected chi connectivity index (χ3v) is 2.74. The Balaban J connectivity index is 2.23. The number of hydrogen-bond acceptors (Lipinski definition) is 4. The minimum atomic E-state index is -0.113. The third kappa shape index (κ3) is 1.44. The number of anilines is 1.